The van der Waals surface area contributed by atoms with Gasteiger partial charge in [0.2, 0.25) is 5.06 Å². The molecular formula is C22H24ClNO8S. The zero-order valence-corrected chi connectivity index (χ0v) is 20.0. The predicted octanol–water partition coefficient (Wildman–Crippen LogP) is 3.25. The molecule has 0 unspecified atom stereocenters. The average molecular weight is 498 g/mol. The number of fused-ring (bicyclic) bond motifs is 1. The number of hydrogen-bond donors (Lipinski definition) is 1. The molecule has 1 saturated heterocycles. The Morgan fingerprint density at radius 2 is 1.67 bits per heavy atom. The molecule has 0 saturated carbocycles. The van der Waals surface area contributed by atoms with Gasteiger partial charge < -0.3 is 23.9 Å². The molecule has 11 heteroatoms. The summed E-state index contributed by atoms with van der Waals surface area (Å²) in [5.74, 6) is -2.67. The summed E-state index contributed by atoms with van der Waals surface area (Å²) < 4.78 is 21.7. The van der Waals surface area contributed by atoms with Crippen molar-refractivity contribution in [3.05, 3.63) is 36.0 Å². The molecule has 178 valence electrons. The number of H-pyrrole nitrogens is 1. The smallest absolute Gasteiger partial charge is 0.304 e. The lowest BCUT2D eigenvalue weighted by Crippen LogP contribution is -2.62. The van der Waals surface area contributed by atoms with E-state index in [9.17, 15) is 19.2 Å². The number of carbonyl (C=O) groups excluding carboxylic acids is 4. The van der Waals surface area contributed by atoms with Crippen LogP contribution in [0.3, 0.4) is 0 Å². The second-order valence-electron chi connectivity index (χ2n) is 7.56. The second-order valence-corrected chi connectivity index (χ2v) is 9.50. The molecule has 1 aromatic heterocycles. The van der Waals surface area contributed by atoms with Crippen LogP contribution in [0.1, 0.15) is 38.6 Å². The summed E-state index contributed by atoms with van der Waals surface area (Å²) in [6, 6.07) is 9.43. The molecule has 3 rings (SSSR count). The number of nitrogens with one attached hydrogen (secondary N) is 1. The van der Waals surface area contributed by atoms with Gasteiger partial charge in [-0.2, -0.15) is 0 Å². The first-order valence-electron chi connectivity index (χ1n) is 10.1. The fourth-order valence-electron chi connectivity index (χ4n) is 3.74. The summed E-state index contributed by atoms with van der Waals surface area (Å²) in [6.07, 6.45) is -2.50. The number of alkyl halides is 1. The minimum atomic E-state index is -1.97. The first-order valence-corrected chi connectivity index (χ1v) is 11.4. The molecule has 2 aromatic rings. The lowest BCUT2D eigenvalue weighted by molar-refractivity contribution is -0.192. The molecule has 0 aliphatic carbocycles. The van der Waals surface area contributed by atoms with E-state index in [1.165, 1.54) is 25.6 Å². The van der Waals surface area contributed by atoms with Crippen LogP contribution in [0.25, 0.3) is 10.9 Å². The van der Waals surface area contributed by atoms with Gasteiger partial charge in [-0.05, 0) is 17.5 Å². The molecule has 33 heavy (non-hydrogen) atoms. The van der Waals surface area contributed by atoms with E-state index in [-0.39, 0.29) is 6.61 Å². The number of esters is 4. The number of carbonyl (C=O) groups is 4. The van der Waals surface area contributed by atoms with Crippen molar-refractivity contribution in [2.24, 2.45) is 0 Å². The fourth-order valence-corrected chi connectivity index (χ4v) is 5.73. The molecule has 0 radical (unpaired) electrons. The molecule has 1 fully saturated rings. The maximum absolute atomic E-state index is 12.0. The maximum Gasteiger partial charge on any atom is 0.304 e. The number of halogens is 1. The minimum absolute atomic E-state index is 0.238. The van der Waals surface area contributed by atoms with Gasteiger partial charge in [0.1, 0.15) is 6.61 Å². The third kappa shape index (κ3) is 5.62. The van der Waals surface area contributed by atoms with E-state index in [1.54, 1.807) is 0 Å². The average Bonchev–Trinajstić information content (AvgIpc) is 3.13. The highest BCUT2D eigenvalue weighted by molar-refractivity contribution is 8.00. The highest BCUT2D eigenvalue weighted by Crippen LogP contribution is 2.53. The predicted molar refractivity (Wildman–Crippen MR) is 121 cm³/mol. The Kier molecular flexibility index (Phi) is 7.58. The molecule has 1 N–H and O–H groups in total. The van der Waals surface area contributed by atoms with Crippen molar-refractivity contribution < 1.29 is 38.1 Å². The van der Waals surface area contributed by atoms with Gasteiger partial charge in [0, 0.05) is 38.9 Å². The first kappa shape index (κ1) is 24.9. The molecule has 0 amide bonds. The number of hydrogen-bond acceptors (Lipinski definition) is 9. The van der Waals surface area contributed by atoms with Crippen LogP contribution in [-0.2, 0) is 38.1 Å². The minimum Gasteiger partial charge on any atom is -0.464 e. The number of thioether (sulfide) groups is 1. The summed E-state index contributed by atoms with van der Waals surface area (Å²) in [5, 5.41) is -2.54. The van der Waals surface area contributed by atoms with Crippen LogP contribution in [0.15, 0.2) is 30.3 Å². The molecule has 5 atom stereocenters. The highest BCUT2D eigenvalue weighted by Gasteiger charge is 2.61. The van der Waals surface area contributed by atoms with Gasteiger partial charge in [0.25, 0.3) is 0 Å². The number of benzene rings is 1. The maximum atomic E-state index is 12.0. The molecule has 1 aromatic carbocycles. The van der Waals surface area contributed by atoms with Gasteiger partial charge in [-0.15, -0.1) is 11.8 Å². The van der Waals surface area contributed by atoms with E-state index in [2.05, 4.69) is 4.98 Å². The summed E-state index contributed by atoms with van der Waals surface area (Å²) >= 11 is 7.99. The Bertz CT molecular complexity index is 1040. The molecule has 9 nitrogen and oxygen atoms in total. The van der Waals surface area contributed by atoms with E-state index in [1.807, 2.05) is 30.3 Å². The van der Waals surface area contributed by atoms with Crippen LogP contribution in [-0.4, -0.2) is 58.0 Å². The number of ether oxygens (including phenoxy) is 4. The van der Waals surface area contributed by atoms with Crippen molar-refractivity contribution in [1.29, 1.82) is 0 Å². The Balaban J connectivity index is 2.14. The third-order valence-corrected chi connectivity index (χ3v) is 7.24. The lowest BCUT2D eigenvalue weighted by Gasteiger charge is -2.48. The summed E-state index contributed by atoms with van der Waals surface area (Å²) in [6.45, 7) is 4.52. The monoisotopic (exact) mass is 497 g/mol. The van der Waals surface area contributed by atoms with Gasteiger partial charge in [-0.1, -0.05) is 29.8 Å². The van der Waals surface area contributed by atoms with E-state index >= 15 is 0 Å². The van der Waals surface area contributed by atoms with Gasteiger partial charge in [-0.3, -0.25) is 19.2 Å². The topological polar surface area (TPSA) is 121 Å². The molecule has 0 bridgehead atoms. The van der Waals surface area contributed by atoms with Crippen LogP contribution in [0, 0.1) is 0 Å². The first-order chi connectivity index (χ1) is 15.5. The quantitative estimate of drug-likeness (QED) is 0.364. The molecule has 2 heterocycles. The third-order valence-electron chi connectivity index (χ3n) is 4.93. The van der Waals surface area contributed by atoms with Crippen molar-refractivity contribution in [3.63, 3.8) is 0 Å². The van der Waals surface area contributed by atoms with Gasteiger partial charge in [0.15, 0.2) is 12.2 Å². The van der Waals surface area contributed by atoms with E-state index in [4.69, 9.17) is 30.5 Å². The molecule has 0 spiro atoms. The Morgan fingerprint density at radius 1 is 1.00 bits per heavy atom. The number of para-hydroxylation sites is 1. The summed E-state index contributed by atoms with van der Waals surface area (Å²) in [4.78, 5) is 50.8. The largest absolute Gasteiger partial charge is 0.464 e. The van der Waals surface area contributed by atoms with Crippen molar-refractivity contribution in [3.8, 4) is 0 Å². The fraction of sp³-hybridized carbons (Fsp3) is 0.455. The molecule has 1 aliphatic rings. The summed E-state index contributed by atoms with van der Waals surface area (Å²) in [5.41, 5.74) is 1.51. The van der Waals surface area contributed by atoms with Gasteiger partial charge in [-0.25, -0.2) is 0 Å². The zero-order chi connectivity index (χ0) is 24.3. The Labute approximate surface area is 199 Å². The second kappa shape index (κ2) is 10.0. The van der Waals surface area contributed by atoms with Crippen molar-refractivity contribution >= 4 is 58.1 Å². The Morgan fingerprint density at radius 3 is 2.24 bits per heavy atom. The zero-order valence-electron chi connectivity index (χ0n) is 18.5. The van der Waals surface area contributed by atoms with E-state index in [0.29, 0.717) is 5.69 Å². The number of rotatable bonds is 6. The normalized spacial score (nSPS) is 26.9. The van der Waals surface area contributed by atoms with Crippen LogP contribution in [0.2, 0.25) is 0 Å². The van der Waals surface area contributed by atoms with Crippen LogP contribution < -0.4 is 0 Å². The van der Waals surface area contributed by atoms with Crippen molar-refractivity contribution in [2.45, 2.75) is 55.5 Å². The van der Waals surface area contributed by atoms with E-state index < -0.39 is 51.6 Å². The number of aromatic nitrogens is 1. The van der Waals surface area contributed by atoms with Crippen LogP contribution in [0.5, 0.6) is 0 Å². The van der Waals surface area contributed by atoms with Gasteiger partial charge in [0.05, 0.1) is 10.5 Å². The van der Waals surface area contributed by atoms with Crippen molar-refractivity contribution in [2.75, 3.05) is 6.61 Å². The Hall–Kier alpha value is -2.72. The standard InChI is InChI=1S/C22H24ClNO8S/c1-11(25)29-10-18-22(23,32-14(4)28)21(31-13(3)27)19(30-12(2)26)20(33-18)17-9-15-7-5-6-8-16(15)24-17/h5-9,18-21,24H,10H2,1-4H3/t18-,19+,20+,21-,22-/m1/s1. The van der Waals surface area contributed by atoms with Crippen molar-refractivity contribution in [1.82, 2.24) is 4.98 Å². The van der Waals surface area contributed by atoms with Crippen LogP contribution in [0.4, 0.5) is 0 Å². The van der Waals surface area contributed by atoms with Gasteiger partial charge >= 0.3 is 23.9 Å². The number of aromatic amines is 1. The molecular weight excluding hydrogens is 474 g/mol. The SMILES string of the molecule is CC(=O)OC[C@H]1S[C@@H](c2cc3ccccc3[nH]2)[C@H](OC(C)=O)[C@@H](OC(C)=O)[C@]1(Cl)OC(C)=O. The lowest BCUT2D eigenvalue weighted by atomic mass is 9.97. The summed E-state index contributed by atoms with van der Waals surface area (Å²) in [7, 11) is 0. The van der Waals surface area contributed by atoms with E-state index in [0.717, 1.165) is 24.8 Å². The highest BCUT2D eigenvalue weighted by atomic mass is 35.5. The van der Waals surface area contributed by atoms with Crippen LogP contribution >= 0.6 is 23.4 Å². The molecule has 1 aliphatic heterocycles.